The first-order valence-corrected chi connectivity index (χ1v) is 7.76. The number of nitrogens with zero attached hydrogens (tertiary/aromatic N) is 2. The molecule has 0 amide bonds. The van der Waals surface area contributed by atoms with Gasteiger partial charge in [-0.15, -0.1) is 0 Å². The summed E-state index contributed by atoms with van der Waals surface area (Å²) < 4.78 is 1.75. The van der Waals surface area contributed by atoms with Gasteiger partial charge in [-0.2, -0.15) is 0 Å². The molecule has 4 heteroatoms. The van der Waals surface area contributed by atoms with Gasteiger partial charge in [-0.05, 0) is 39.5 Å². The Bertz CT molecular complexity index is 501. The Labute approximate surface area is 121 Å². The number of hydrogen-bond donors (Lipinski definition) is 1. The van der Waals surface area contributed by atoms with E-state index in [0.717, 1.165) is 18.8 Å². The summed E-state index contributed by atoms with van der Waals surface area (Å²) in [4.78, 5) is 16.7. The van der Waals surface area contributed by atoms with Crippen molar-refractivity contribution < 1.29 is 0 Å². The largest absolute Gasteiger partial charge is 0.363 e. The second-order valence-electron chi connectivity index (χ2n) is 6.90. The Balaban J connectivity index is 2.16. The standard InChI is InChI=1S/C16H27N3O/c1-5-12-7-6-8-13(11-12)18-14-15(20)19(10-9-17-14)16(2,3)4/h9-10,12-13H,5-8,11H2,1-4H3,(H,17,18). The summed E-state index contributed by atoms with van der Waals surface area (Å²) >= 11 is 0. The molecule has 0 aliphatic heterocycles. The summed E-state index contributed by atoms with van der Waals surface area (Å²) in [5.41, 5.74) is -0.228. The summed E-state index contributed by atoms with van der Waals surface area (Å²) in [5, 5.41) is 3.38. The average molecular weight is 277 g/mol. The maximum Gasteiger partial charge on any atom is 0.293 e. The van der Waals surface area contributed by atoms with Crippen LogP contribution in [0.4, 0.5) is 5.82 Å². The Morgan fingerprint density at radius 3 is 2.80 bits per heavy atom. The molecule has 1 saturated carbocycles. The molecular weight excluding hydrogens is 250 g/mol. The maximum atomic E-state index is 12.5. The molecule has 0 bridgehead atoms. The molecule has 1 fully saturated rings. The highest BCUT2D eigenvalue weighted by Crippen LogP contribution is 2.27. The zero-order valence-electron chi connectivity index (χ0n) is 13.1. The molecule has 0 saturated heterocycles. The van der Waals surface area contributed by atoms with Crippen LogP contribution < -0.4 is 10.9 Å². The summed E-state index contributed by atoms with van der Waals surface area (Å²) in [7, 11) is 0. The summed E-state index contributed by atoms with van der Waals surface area (Å²) in [6, 6.07) is 0.393. The number of aromatic nitrogens is 2. The van der Waals surface area contributed by atoms with E-state index in [9.17, 15) is 4.79 Å². The lowest BCUT2D eigenvalue weighted by atomic mass is 9.84. The molecule has 2 rings (SSSR count). The minimum Gasteiger partial charge on any atom is -0.363 e. The summed E-state index contributed by atoms with van der Waals surface area (Å²) in [5.74, 6) is 1.29. The number of nitrogens with one attached hydrogen (secondary N) is 1. The third kappa shape index (κ3) is 3.41. The van der Waals surface area contributed by atoms with Gasteiger partial charge in [-0.3, -0.25) is 4.79 Å². The predicted molar refractivity (Wildman–Crippen MR) is 83.2 cm³/mol. The molecule has 112 valence electrons. The zero-order chi connectivity index (χ0) is 14.8. The van der Waals surface area contributed by atoms with E-state index in [0.29, 0.717) is 11.9 Å². The van der Waals surface area contributed by atoms with E-state index in [-0.39, 0.29) is 11.1 Å². The lowest BCUT2D eigenvalue weighted by Crippen LogP contribution is -2.37. The minimum absolute atomic E-state index is 0.0152. The van der Waals surface area contributed by atoms with Crippen LogP contribution in [0.5, 0.6) is 0 Å². The summed E-state index contributed by atoms with van der Waals surface area (Å²) in [6.07, 6.45) is 9.58. The monoisotopic (exact) mass is 277 g/mol. The van der Waals surface area contributed by atoms with E-state index >= 15 is 0 Å². The molecule has 1 N–H and O–H groups in total. The normalized spacial score (nSPS) is 23.6. The summed E-state index contributed by atoms with van der Waals surface area (Å²) in [6.45, 7) is 8.35. The smallest absolute Gasteiger partial charge is 0.293 e. The Kier molecular flexibility index (Phi) is 4.51. The molecule has 0 aromatic carbocycles. The van der Waals surface area contributed by atoms with Crippen LogP contribution in [0.25, 0.3) is 0 Å². The molecule has 4 nitrogen and oxygen atoms in total. The van der Waals surface area contributed by atoms with Crippen LogP contribution in [-0.2, 0) is 5.54 Å². The Hall–Kier alpha value is -1.32. The second-order valence-corrected chi connectivity index (χ2v) is 6.90. The highest BCUT2D eigenvalue weighted by molar-refractivity contribution is 5.32. The van der Waals surface area contributed by atoms with Gasteiger partial charge >= 0.3 is 0 Å². The van der Waals surface area contributed by atoms with Gasteiger partial charge in [-0.25, -0.2) is 4.98 Å². The van der Waals surface area contributed by atoms with Crippen LogP contribution in [0.1, 0.15) is 59.8 Å². The van der Waals surface area contributed by atoms with Gasteiger partial charge in [0.2, 0.25) is 0 Å². The van der Waals surface area contributed by atoms with Crippen LogP contribution in [0.3, 0.4) is 0 Å². The van der Waals surface area contributed by atoms with Gasteiger partial charge < -0.3 is 9.88 Å². The van der Waals surface area contributed by atoms with E-state index < -0.39 is 0 Å². The highest BCUT2D eigenvalue weighted by Gasteiger charge is 2.23. The molecule has 1 aliphatic rings. The van der Waals surface area contributed by atoms with Crippen molar-refractivity contribution in [2.24, 2.45) is 5.92 Å². The van der Waals surface area contributed by atoms with Crippen molar-refractivity contribution in [1.29, 1.82) is 0 Å². The van der Waals surface area contributed by atoms with Crippen molar-refractivity contribution in [3.8, 4) is 0 Å². The fourth-order valence-corrected chi connectivity index (χ4v) is 3.03. The van der Waals surface area contributed by atoms with Gasteiger partial charge in [0.25, 0.3) is 5.56 Å². The predicted octanol–water partition coefficient (Wildman–Crippen LogP) is 3.38. The van der Waals surface area contributed by atoms with Crippen LogP contribution in [0.15, 0.2) is 17.2 Å². The zero-order valence-corrected chi connectivity index (χ0v) is 13.1. The van der Waals surface area contributed by atoms with Gasteiger partial charge in [0, 0.05) is 24.0 Å². The molecule has 1 heterocycles. The maximum absolute atomic E-state index is 12.5. The van der Waals surface area contributed by atoms with Crippen molar-refractivity contribution >= 4 is 5.82 Å². The van der Waals surface area contributed by atoms with E-state index in [2.05, 4.69) is 17.2 Å². The van der Waals surface area contributed by atoms with Crippen molar-refractivity contribution in [2.75, 3.05) is 5.32 Å². The van der Waals surface area contributed by atoms with Gasteiger partial charge in [0.05, 0.1) is 0 Å². The van der Waals surface area contributed by atoms with E-state index in [1.165, 1.54) is 19.3 Å². The molecular formula is C16H27N3O. The van der Waals surface area contributed by atoms with E-state index in [4.69, 9.17) is 0 Å². The van der Waals surface area contributed by atoms with Crippen molar-refractivity contribution in [1.82, 2.24) is 9.55 Å². The molecule has 2 unspecified atom stereocenters. The lowest BCUT2D eigenvalue weighted by molar-refractivity contribution is 0.326. The SMILES string of the molecule is CCC1CCCC(Nc2nccn(C(C)(C)C)c2=O)C1. The molecule has 1 aliphatic carbocycles. The number of anilines is 1. The average Bonchev–Trinajstić information content (AvgIpc) is 2.40. The molecule has 0 spiro atoms. The van der Waals surface area contributed by atoms with Crippen molar-refractivity contribution in [2.45, 2.75) is 71.4 Å². The number of hydrogen-bond acceptors (Lipinski definition) is 3. The van der Waals surface area contributed by atoms with Crippen LogP contribution in [0, 0.1) is 5.92 Å². The topological polar surface area (TPSA) is 46.9 Å². The third-order valence-corrected chi connectivity index (χ3v) is 4.26. The van der Waals surface area contributed by atoms with Crippen molar-refractivity contribution in [3.05, 3.63) is 22.7 Å². The first-order valence-electron chi connectivity index (χ1n) is 7.76. The second kappa shape index (κ2) is 5.98. The first kappa shape index (κ1) is 15.1. The minimum atomic E-state index is -0.213. The van der Waals surface area contributed by atoms with Crippen molar-refractivity contribution in [3.63, 3.8) is 0 Å². The quantitative estimate of drug-likeness (QED) is 0.921. The lowest BCUT2D eigenvalue weighted by Gasteiger charge is -2.30. The van der Waals surface area contributed by atoms with E-state index in [1.54, 1.807) is 17.0 Å². The fourth-order valence-electron chi connectivity index (χ4n) is 3.03. The molecule has 20 heavy (non-hydrogen) atoms. The molecule has 0 radical (unpaired) electrons. The molecule has 2 atom stereocenters. The van der Waals surface area contributed by atoms with E-state index in [1.807, 2.05) is 20.8 Å². The van der Waals surface area contributed by atoms with Gasteiger partial charge in [0.15, 0.2) is 5.82 Å². The highest BCUT2D eigenvalue weighted by atomic mass is 16.1. The van der Waals surface area contributed by atoms with Gasteiger partial charge in [0.1, 0.15) is 0 Å². The van der Waals surface area contributed by atoms with Crippen LogP contribution in [-0.4, -0.2) is 15.6 Å². The molecule has 1 aromatic rings. The first-order chi connectivity index (χ1) is 9.41. The Morgan fingerprint density at radius 2 is 2.15 bits per heavy atom. The van der Waals surface area contributed by atoms with Gasteiger partial charge in [-0.1, -0.05) is 26.2 Å². The third-order valence-electron chi connectivity index (χ3n) is 4.26. The number of rotatable bonds is 3. The van der Waals surface area contributed by atoms with Crippen LogP contribution in [0.2, 0.25) is 0 Å². The fraction of sp³-hybridized carbons (Fsp3) is 0.750. The molecule has 1 aromatic heterocycles. The Morgan fingerprint density at radius 1 is 1.40 bits per heavy atom. The van der Waals surface area contributed by atoms with Crippen LogP contribution >= 0.6 is 0 Å².